The summed E-state index contributed by atoms with van der Waals surface area (Å²) < 4.78 is 53.5. The minimum Gasteiger partial charge on any atom is -0.456 e. The molecular weight excluding hydrogens is 765 g/mol. The van der Waals surface area contributed by atoms with E-state index in [1.165, 1.54) is 36.0 Å². The maximum atomic E-state index is 13.8. The van der Waals surface area contributed by atoms with Gasteiger partial charge >= 0.3 is 35.8 Å². The molecule has 2 aliphatic rings. The second-order valence-electron chi connectivity index (χ2n) is 13.0. The van der Waals surface area contributed by atoms with Crippen LogP contribution in [0, 0.1) is 0 Å². The quantitative estimate of drug-likeness (QED) is 0.161. The van der Waals surface area contributed by atoms with Crippen LogP contribution in [0.5, 0.6) is 0 Å². The highest BCUT2D eigenvalue weighted by atomic mass is 32.2. The normalized spacial score (nSPS) is 26.9. The Morgan fingerprint density at radius 2 is 0.930 bits per heavy atom. The van der Waals surface area contributed by atoms with Gasteiger partial charge in [-0.2, -0.15) is 0 Å². The molecule has 3 aromatic rings. The van der Waals surface area contributed by atoms with Crippen molar-refractivity contribution in [1.29, 1.82) is 0 Å². The first-order valence-corrected chi connectivity index (χ1v) is 19.2. The minimum atomic E-state index is -1.49. The summed E-state index contributed by atoms with van der Waals surface area (Å²) in [5.74, 6) is -4.17. The maximum absolute atomic E-state index is 13.8. The molecule has 0 aromatic heterocycles. The molecular formula is C41H44O15S. The Bertz CT molecular complexity index is 1840. The average Bonchev–Trinajstić information content (AvgIpc) is 3.19. The van der Waals surface area contributed by atoms with Gasteiger partial charge in [-0.25, -0.2) is 14.4 Å². The van der Waals surface area contributed by atoms with Gasteiger partial charge in [-0.05, 0) is 49.1 Å². The van der Waals surface area contributed by atoms with Gasteiger partial charge in [0.05, 0.1) is 29.4 Å². The van der Waals surface area contributed by atoms with Gasteiger partial charge in [0.15, 0.2) is 42.9 Å². The molecule has 0 amide bonds. The number of benzene rings is 3. The van der Waals surface area contributed by atoms with E-state index in [1.54, 1.807) is 73.7 Å². The van der Waals surface area contributed by atoms with Crippen LogP contribution in [-0.2, 0) is 57.0 Å². The molecule has 0 spiro atoms. The summed E-state index contributed by atoms with van der Waals surface area (Å²) in [4.78, 5) is 77.8. The molecule has 2 heterocycles. The molecule has 15 nitrogen and oxygen atoms in total. The van der Waals surface area contributed by atoms with Crippen molar-refractivity contribution in [1.82, 2.24) is 0 Å². The number of rotatable bonds is 14. The molecule has 2 aliphatic heterocycles. The molecule has 57 heavy (non-hydrogen) atoms. The Hall–Kier alpha value is -5.29. The zero-order valence-corrected chi connectivity index (χ0v) is 32.7. The van der Waals surface area contributed by atoms with Gasteiger partial charge in [-0.1, -0.05) is 61.5 Å². The summed E-state index contributed by atoms with van der Waals surface area (Å²) in [6, 6.07) is 24.3. The van der Waals surface area contributed by atoms with Gasteiger partial charge in [-0.15, -0.1) is 11.8 Å². The van der Waals surface area contributed by atoms with Gasteiger partial charge in [-0.3, -0.25) is 14.4 Å². The van der Waals surface area contributed by atoms with Crippen molar-refractivity contribution in [3.05, 3.63) is 108 Å². The van der Waals surface area contributed by atoms with Crippen LogP contribution in [0.4, 0.5) is 0 Å². The largest absolute Gasteiger partial charge is 0.456 e. The van der Waals surface area contributed by atoms with Crippen LogP contribution in [0.1, 0.15) is 65.7 Å². The third-order valence-electron chi connectivity index (χ3n) is 8.74. The minimum absolute atomic E-state index is 0.160. The maximum Gasteiger partial charge on any atom is 0.338 e. The number of ether oxygens (including phenoxy) is 9. The molecule has 0 unspecified atom stereocenters. The van der Waals surface area contributed by atoms with Crippen LogP contribution in [0.25, 0.3) is 0 Å². The van der Waals surface area contributed by atoms with Crippen molar-refractivity contribution in [2.75, 3.05) is 12.4 Å². The highest BCUT2D eigenvalue weighted by Gasteiger charge is 2.55. The summed E-state index contributed by atoms with van der Waals surface area (Å²) >= 11 is 1.24. The number of esters is 6. The summed E-state index contributed by atoms with van der Waals surface area (Å²) in [6.45, 7) is 6.35. The molecule has 0 radical (unpaired) electrons. The van der Waals surface area contributed by atoms with Crippen LogP contribution in [0.2, 0.25) is 0 Å². The number of carbonyl (C=O) groups excluding carboxylic acids is 6. The highest BCUT2D eigenvalue weighted by molar-refractivity contribution is 7.99. The SMILES string of the molecule is CCS[C@@H]1O[C@H](CO[C@@H]2O[C@@H](C)[C@H](OC(C)=O)[C@@H](OC(C)=O)[C@H]2OC(C)=O)[C@@H](OC(=O)c2ccccc2)[C@H](OC(=O)c2ccccc2)[C@H]1OC(=O)c1ccccc1. The monoisotopic (exact) mass is 808 g/mol. The van der Waals surface area contributed by atoms with Gasteiger partial charge in [0.1, 0.15) is 11.5 Å². The van der Waals surface area contributed by atoms with Crippen LogP contribution >= 0.6 is 11.8 Å². The van der Waals surface area contributed by atoms with Gasteiger partial charge < -0.3 is 42.6 Å². The van der Waals surface area contributed by atoms with E-state index in [1.807, 2.05) is 6.92 Å². The summed E-state index contributed by atoms with van der Waals surface area (Å²) in [5.41, 5.74) is -0.462. The number of thioether (sulfide) groups is 1. The third kappa shape index (κ3) is 11.4. The number of carbonyl (C=O) groups is 6. The molecule has 5 rings (SSSR count). The number of hydrogen-bond donors (Lipinski definition) is 0. The van der Waals surface area contributed by atoms with Crippen molar-refractivity contribution in [3.63, 3.8) is 0 Å². The van der Waals surface area contributed by atoms with Gasteiger partial charge in [0, 0.05) is 20.8 Å². The van der Waals surface area contributed by atoms with E-state index in [-0.39, 0.29) is 16.7 Å². The summed E-state index contributed by atoms with van der Waals surface area (Å²) in [6.07, 6.45) is -11.9. The second-order valence-corrected chi connectivity index (χ2v) is 14.3. The second kappa shape index (κ2) is 20.2. The lowest BCUT2D eigenvalue weighted by Crippen LogP contribution is -2.63. The van der Waals surface area contributed by atoms with Crippen molar-refractivity contribution in [2.45, 2.75) is 95.2 Å². The zero-order valence-electron chi connectivity index (χ0n) is 31.9. The predicted octanol–water partition coefficient (Wildman–Crippen LogP) is 4.70. The first-order chi connectivity index (χ1) is 27.4. The standard InChI is InChI=1S/C41H44O15S/c1-6-57-41-36(56-39(47)29-20-14-9-15-21-29)34(55-38(46)28-18-12-8-13-19-28)32(54-37(45)27-16-10-7-11-17-27)30(53-41)22-48-40-35(52-26(5)44)33(51-25(4)43)31(23(2)49-40)50-24(3)42/h7-21,23,30-36,40-41H,6,22H2,1-5H3/t23-,30+,31-,32+,33+,34-,35+,36+,40+,41-/m0/s1. The van der Waals surface area contributed by atoms with Crippen molar-refractivity contribution in [2.24, 2.45) is 0 Å². The van der Waals surface area contributed by atoms with Crippen LogP contribution in [0.15, 0.2) is 91.0 Å². The Labute approximate surface area is 333 Å². The molecule has 2 saturated heterocycles. The molecule has 3 aromatic carbocycles. The molecule has 0 saturated carbocycles. The molecule has 304 valence electrons. The highest BCUT2D eigenvalue weighted by Crippen LogP contribution is 2.37. The molecule has 2 fully saturated rings. The lowest BCUT2D eigenvalue weighted by atomic mass is 9.97. The fraction of sp³-hybridized carbons (Fsp3) is 0.415. The lowest BCUT2D eigenvalue weighted by Gasteiger charge is -2.46. The van der Waals surface area contributed by atoms with E-state index in [2.05, 4.69) is 0 Å². The topological polar surface area (TPSA) is 185 Å². The van der Waals surface area contributed by atoms with E-state index >= 15 is 0 Å². The van der Waals surface area contributed by atoms with E-state index in [9.17, 15) is 28.8 Å². The lowest BCUT2D eigenvalue weighted by molar-refractivity contribution is -0.310. The Morgan fingerprint density at radius 3 is 1.39 bits per heavy atom. The van der Waals surface area contributed by atoms with Crippen LogP contribution < -0.4 is 0 Å². The molecule has 10 atom stereocenters. The Balaban J connectivity index is 1.54. The van der Waals surface area contributed by atoms with Crippen LogP contribution in [0.3, 0.4) is 0 Å². The van der Waals surface area contributed by atoms with Crippen molar-refractivity contribution >= 4 is 47.6 Å². The smallest absolute Gasteiger partial charge is 0.338 e. The average molecular weight is 809 g/mol. The van der Waals surface area contributed by atoms with Crippen molar-refractivity contribution < 1.29 is 71.4 Å². The van der Waals surface area contributed by atoms with E-state index in [0.29, 0.717) is 5.75 Å². The van der Waals surface area contributed by atoms with Crippen LogP contribution in [-0.4, -0.2) is 109 Å². The first-order valence-electron chi connectivity index (χ1n) is 18.2. The molecule has 16 heteroatoms. The van der Waals surface area contributed by atoms with Gasteiger partial charge in [0.25, 0.3) is 0 Å². The first kappa shape index (κ1) is 42.8. The molecule has 0 aliphatic carbocycles. The molecule has 0 N–H and O–H groups in total. The Kier molecular flexibility index (Phi) is 15.2. The van der Waals surface area contributed by atoms with Gasteiger partial charge in [0.2, 0.25) is 0 Å². The van der Waals surface area contributed by atoms with E-state index < -0.39 is 103 Å². The van der Waals surface area contributed by atoms with E-state index in [4.69, 9.17) is 42.6 Å². The third-order valence-corrected chi connectivity index (χ3v) is 9.78. The fourth-order valence-corrected chi connectivity index (χ4v) is 7.25. The zero-order chi connectivity index (χ0) is 41.1. The predicted molar refractivity (Wildman–Crippen MR) is 201 cm³/mol. The summed E-state index contributed by atoms with van der Waals surface area (Å²) in [7, 11) is 0. The number of hydrogen-bond acceptors (Lipinski definition) is 16. The Morgan fingerprint density at radius 1 is 0.526 bits per heavy atom. The van der Waals surface area contributed by atoms with E-state index in [0.717, 1.165) is 20.8 Å². The fourth-order valence-electron chi connectivity index (χ4n) is 6.30. The van der Waals surface area contributed by atoms with Crippen molar-refractivity contribution in [3.8, 4) is 0 Å². The summed E-state index contributed by atoms with van der Waals surface area (Å²) in [5, 5.41) is 0. The molecule has 0 bridgehead atoms.